The molecule has 0 aliphatic rings. The average Bonchev–Trinajstić information content (AvgIpc) is 2.36. The number of hydrogen-bond acceptors (Lipinski definition) is 4. The third kappa shape index (κ3) is 5.31. The molecule has 1 rings (SSSR count). The third-order valence-corrected chi connectivity index (χ3v) is 2.30. The highest BCUT2D eigenvalue weighted by Gasteiger charge is 2.07. The molecule has 1 heterocycles. The number of nitrogens with zero attached hydrogens (tertiary/aromatic N) is 2. The molecule has 0 fully saturated rings. The molecular formula is C12H18N2O3. The standard InChI is InChI=1S/C12H18N2O3/c1-14(7-8-15)12(16)5-3-9-17-11-4-2-6-13-10-11/h2,4,6,10,15H,3,5,7-9H2,1H3. The number of aromatic nitrogens is 1. The quantitative estimate of drug-likeness (QED) is 0.710. The van der Waals surface area contributed by atoms with Crippen LogP contribution in [0.5, 0.6) is 5.75 Å². The Morgan fingerprint density at radius 2 is 2.41 bits per heavy atom. The lowest BCUT2D eigenvalue weighted by Crippen LogP contribution is -2.29. The summed E-state index contributed by atoms with van der Waals surface area (Å²) in [5.41, 5.74) is 0. The SMILES string of the molecule is CN(CCO)C(=O)CCCOc1cccnc1. The van der Waals surface area contributed by atoms with Crippen molar-refractivity contribution in [2.75, 3.05) is 26.8 Å². The summed E-state index contributed by atoms with van der Waals surface area (Å²) < 4.78 is 5.41. The predicted molar refractivity (Wildman–Crippen MR) is 63.7 cm³/mol. The smallest absolute Gasteiger partial charge is 0.222 e. The highest BCUT2D eigenvalue weighted by molar-refractivity contribution is 5.75. The predicted octanol–water partition coefficient (Wildman–Crippen LogP) is 0.691. The molecule has 0 radical (unpaired) electrons. The van der Waals surface area contributed by atoms with Gasteiger partial charge in [-0.25, -0.2) is 0 Å². The summed E-state index contributed by atoms with van der Waals surface area (Å²) in [5.74, 6) is 0.734. The molecule has 1 amide bonds. The van der Waals surface area contributed by atoms with Crippen LogP contribution in [-0.2, 0) is 4.79 Å². The van der Waals surface area contributed by atoms with Crippen molar-refractivity contribution in [2.24, 2.45) is 0 Å². The summed E-state index contributed by atoms with van der Waals surface area (Å²) in [6.45, 7) is 0.862. The first-order chi connectivity index (χ1) is 8.24. The summed E-state index contributed by atoms with van der Waals surface area (Å²) in [6.07, 6.45) is 4.40. The first kappa shape index (κ1) is 13.4. The molecule has 1 N–H and O–H groups in total. The van der Waals surface area contributed by atoms with Gasteiger partial charge in [-0.3, -0.25) is 9.78 Å². The van der Waals surface area contributed by atoms with Gasteiger partial charge >= 0.3 is 0 Å². The second-order valence-electron chi connectivity index (χ2n) is 3.68. The van der Waals surface area contributed by atoms with E-state index in [9.17, 15) is 4.79 Å². The zero-order chi connectivity index (χ0) is 12.5. The lowest BCUT2D eigenvalue weighted by Gasteiger charge is -2.15. The van der Waals surface area contributed by atoms with Gasteiger partial charge in [0.1, 0.15) is 5.75 Å². The fourth-order valence-electron chi connectivity index (χ4n) is 1.31. The zero-order valence-electron chi connectivity index (χ0n) is 10.0. The molecule has 0 aromatic carbocycles. The van der Waals surface area contributed by atoms with E-state index in [1.54, 1.807) is 25.5 Å². The number of likely N-dealkylation sites (N-methyl/N-ethyl adjacent to an activating group) is 1. The maximum absolute atomic E-state index is 11.5. The second kappa shape index (κ2) is 7.62. The first-order valence-electron chi connectivity index (χ1n) is 5.61. The summed E-state index contributed by atoms with van der Waals surface area (Å²) in [4.78, 5) is 16.9. The van der Waals surface area contributed by atoms with Crippen molar-refractivity contribution in [1.29, 1.82) is 0 Å². The molecule has 0 saturated heterocycles. The number of carbonyl (C=O) groups is 1. The second-order valence-corrected chi connectivity index (χ2v) is 3.68. The third-order valence-electron chi connectivity index (χ3n) is 2.30. The Morgan fingerprint density at radius 1 is 1.59 bits per heavy atom. The molecule has 0 aliphatic heterocycles. The van der Waals surface area contributed by atoms with Crippen LogP contribution >= 0.6 is 0 Å². The highest BCUT2D eigenvalue weighted by Crippen LogP contribution is 2.07. The minimum Gasteiger partial charge on any atom is -0.492 e. The van der Waals surface area contributed by atoms with Crippen molar-refractivity contribution < 1.29 is 14.6 Å². The van der Waals surface area contributed by atoms with Crippen molar-refractivity contribution in [3.8, 4) is 5.75 Å². The molecular weight excluding hydrogens is 220 g/mol. The summed E-state index contributed by atoms with van der Waals surface area (Å²) >= 11 is 0. The molecule has 0 unspecified atom stereocenters. The zero-order valence-corrected chi connectivity index (χ0v) is 10.0. The van der Waals surface area contributed by atoms with E-state index in [-0.39, 0.29) is 12.5 Å². The molecule has 1 aromatic rings. The van der Waals surface area contributed by atoms with E-state index in [0.717, 1.165) is 0 Å². The number of amides is 1. The van der Waals surface area contributed by atoms with Gasteiger partial charge in [-0.1, -0.05) is 0 Å². The molecule has 0 aliphatic carbocycles. The van der Waals surface area contributed by atoms with E-state index >= 15 is 0 Å². The van der Waals surface area contributed by atoms with Crippen LogP contribution in [0.3, 0.4) is 0 Å². The van der Waals surface area contributed by atoms with Gasteiger partial charge < -0.3 is 14.7 Å². The first-order valence-corrected chi connectivity index (χ1v) is 5.61. The Bertz CT molecular complexity index is 330. The van der Waals surface area contributed by atoms with Crippen LogP contribution in [0.2, 0.25) is 0 Å². The van der Waals surface area contributed by atoms with Crippen LogP contribution in [-0.4, -0.2) is 47.7 Å². The minimum atomic E-state index is -0.00553. The van der Waals surface area contributed by atoms with Crippen LogP contribution in [0.4, 0.5) is 0 Å². The topological polar surface area (TPSA) is 62.7 Å². The van der Waals surface area contributed by atoms with E-state index in [1.165, 1.54) is 4.90 Å². The number of aliphatic hydroxyl groups excluding tert-OH is 1. The molecule has 0 atom stereocenters. The van der Waals surface area contributed by atoms with E-state index < -0.39 is 0 Å². The number of rotatable bonds is 7. The molecule has 0 spiro atoms. The van der Waals surface area contributed by atoms with Gasteiger partial charge in [0.15, 0.2) is 0 Å². The van der Waals surface area contributed by atoms with E-state index in [2.05, 4.69) is 4.98 Å². The Kier molecular flexibility index (Phi) is 6.03. The normalized spacial score (nSPS) is 10.0. The van der Waals surface area contributed by atoms with Gasteiger partial charge in [-0.2, -0.15) is 0 Å². The van der Waals surface area contributed by atoms with Crippen LogP contribution in [0, 0.1) is 0 Å². The van der Waals surface area contributed by atoms with Crippen LogP contribution in [0.1, 0.15) is 12.8 Å². The maximum atomic E-state index is 11.5. The Morgan fingerprint density at radius 3 is 3.06 bits per heavy atom. The Hall–Kier alpha value is -1.62. The number of aliphatic hydroxyl groups is 1. The number of pyridine rings is 1. The fraction of sp³-hybridized carbons (Fsp3) is 0.500. The fourth-order valence-corrected chi connectivity index (χ4v) is 1.31. The van der Waals surface area contributed by atoms with Gasteiger partial charge in [-0.15, -0.1) is 0 Å². The van der Waals surface area contributed by atoms with Gasteiger partial charge in [-0.05, 0) is 18.6 Å². The van der Waals surface area contributed by atoms with E-state index in [4.69, 9.17) is 9.84 Å². The largest absolute Gasteiger partial charge is 0.492 e. The van der Waals surface area contributed by atoms with Crippen molar-refractivity contribution in [2.45, 2.75) is 12.8 Å². The monoisotopic (exact) mass is 238 g/mol. The van der Waals surface area contributed by atoms with Crippen molar-refractivity contribution >= 4 is 5.91 Å². The molecule has 5 heteroatoms. The summed E-state index contributed by atoms with van der Waals surface area (Å²) in [6, 6.07) is 3.63. The summed E-state index contributed by atoms with van der Waals surface area (Å²) in [7, 11) is 1.68. The lowest BCUT2D eigenvalue weighted by molar-refractivity contribution is -0.130. The molecule has 1 aromatic heterocycles. The number of ether oxygens (including phenoxy) is 1. The van der Waals surface area contributed by atoms with Gasteiger partial charge in [0.2, 0.25) is 5.91 Å². The summed E-state index contributed by atoms with van der Waals surface area (Å²) in [5, 5.41) is 8.68. The molecule has 94 valence electrons. The number of hydrogen-bond donors (Lipinski definition) is 1. The molecule has 0 saturated carbocycles. The van der Waals surface area contributed by atoms with Crippen LogP contribution in [0.15, 0.2) is 24.5 Å². The Labute approximate surface area is 101 Å². The van der Waals surface area contributed by atoms with Crippen LogP contribution < -0.4 is 4.74 Å². The number of carbonyl (C=O) groups excluding carboxylic acids is 1. The molecule has 0 bridgehead atoms. The van der Waals surface area contributed by atoms with Gasteiger partial charge in [0, 0.05) is 26.2 Å². The van der Waals surface area contributed by atoms with Crippen molar-refractivity contribution in [1.82, 2.24) is 9.88 Å². The minimum absolute atomic E-state index is 0.00553. The lowest BCUT2D eigenvalue weighted by atomic mass is 10.3. The molecule has 17 heavy (non-hydrogen) atoms. The maximum Gasteiger partial charge on any atom is 0.222 e. The van der Waals surface area contributed by atoms with Crippen LogP contribution in [0.25, 0.3) is 0 Å². The van der Waals surface area contributed by atoms with Crippen molar-refractivity contribution in [3.05, 3.63) is 24.5 Å². The Balaban J connectivity index is 2.14. The van der Waals surface area contributed by atoms with Gasteiger partial charge in [0.25, 0.3) is 0 Å². The van der Waals surface area contributed by atoms with Crippen molar-refractivity contribution in [3.63, 3.8) is 0 Å². The highest BCUT2D eigenvalue weighted by atomic mass is 16.5. The molecule has 5 nitrogen and oxygen atoms in total. The average molecular weight is 238 g/mol. The van der Waals surface area contributed by atoms with E-state index in [1.807, 2.05) is 6.07 Å². The van der Waals surface area contributed by atoms with Gasteiger partial charge in [0.05, 0.1) is 19.4 Å². The van der Waals surface area contributed by atoms with E-state index in [0.29, 0.717) is 31.7 Å².